The lowest BCUT2D eigenvalue weighted by Gasteiger charge is -2.40. The van der Waals surface area contributed by atoms with Crippen LogP contribution in [0.25, 0.3) is 0 Å². The number of nitrogens with zero attached hydrogens (tertiary/aromatic N) is 4. The van der Waals surface area contributed by atoms with Crippen LogP contribution in [0.1, 0.15) is 96.3 Å². The van der Waals surface area contributed by atoms with Gasteiger partial charge in [0, 0.05) is 81.6 Å². The molecule has 3 saturated heterocycles. The van der Waals surface area contributed by atoms with Gasteiger partial charge in [-0.1, -0.05) is 37.5 Å². The third-order valence-electron chi connectivity index (χ3n) is 13.6. The summed E-state index contributed by atoms with van der Waals surface area (Å²) in [5.74, 6) is 2.35. The second kappa shape index (κ2) is 14.5. The largest absolute Gasteiger partial charge is 0.508 e. The number of piperazine rings is 1. The molecule has 3 aromatic carbocycles. The van der Waals surface area contributed by atoms with E-state index in [0.29, 0.717) is 42.0 Å². The van der Waals surface area contributed by atoms with Gasteiger partial charge in [0.05, 0.1) is 0 Å². The molecular weight excluding hydrogens is 663 g/mol. The number of carbonyl (C=O) groups excluding carboxylic acids is 3. The number of aromatic hydroxyl groups is 1. The molecular formula is C44H53N5O4. The van der Waals surface area contributed by atoms with Crippen molar-refractivity contribution in [2.24, 2.45) is 17.8 Å². The molecule has 9 heteroatoms. The number of anilines is 2. The minimum Gasteiger partial charge on any atom is -0.508 e. The number of aryl methyl sites for hydroxylation is 1. The van der Waals surface area contributed by atoms with Crippen molar-refractivity contribution in [1.29, 1.82) is 0 Å². The van der Waals surface area contributed by atoms with Gasteiger partial charge in [-0.05, 0) is 121 Å². The summed E-state index contributed by atoms with van der Waals surface area (Å²) in [4.78, 5) is 46.5. The number of rotatable bonds is 8. The molecule has 6 aliphatic rings. The van der Waals surface area contributed by atoms with Crippen LogP contribution in [0.3, 0.4) is 0 Å². The van der Waals surface area contributed by atoms with Crippen LogP contribution in [-0.2, 0) is 22.6 Å². The Kier molecular flexibility index (Phi) is 9.39. The van der Waals surface area contributed by atoms with Crippen molar-refractivity contribution >= 4 is 29.1 Å². The summed E-state index contributed by atoms with van der Waals surface area (Å²) >= 11 is 0. The van der Waals surface area contributed by atoms with E-state index < -0.39 is 6.04 Å². The fourth-order valence-electron chi connectivity index (χ4n) is 10.3. The van der Waals surface area contributed by atoms with Gasteiger partial charge in [0.1, 0.15) is 11.8 Å². The highest BCUT2D eigenvalue weighted by Crippen LogP contribution is 2.47. The molecule has 9 rings (SSSR count). The maximum Gasteiger partial charge on any atom is 0.255 e. The maximum absolute atomic E-state index is 13.1. The van der Waals surface area contributed by atoms with E-state index in [0.717, 1.165) is 69.4 Å². The molecule has 4 heterocycles. The Morgan fingerprint density at radius 1 is 0.698 bits per heavy atom. The molecule has 2 N–H and O–H groups in total. The average Bonchev–Trinajstić information content (AvgIpc) is 3.48. The number of carbonyl (C=O) groups is 3. The first-order valence-corrected chi connectivity index (χ1v) is 20.3. The van der Waals surface area contributed by atoms with E-state index in [1.165, 1.54) is 67.3 Å². The van der Waals surface area contributed by atoms with Crippen LogP contribution in [0.4, 0.5) is 11.4 Å². The fraction of sp³-hybridized carbons (Fsp3) is 0.523. The summed E-state index contributed by atoms with van der Waals surface area (Å²) in [6.07, 6.45) is 10.9. The zero-order chi connectivity index (χ0) is 36.1. The lowest BCUT2D eigenvalue weighted by atomic mass is 9.66. The molecule has 9 nitrogen and oxygen atoms in total. The lowest BCUT2D eigenvalue weighted by molar-refractivity contribution is -0.136. The Balaban J connectivity index is 0.766. The van der Waals surface area contributed by atoms with Crippen LogP contribution in [-0.4, -0.2) is 84.5 Å². The number of imide groups is 1. The van der Waals surface area contributed by atoms with Crippen molar-refractivity contribution in [3.05, 3.63) is 88.5 Å². The maximum atomic E-state index is 13.1. The van der Waals surface area contributed by atoms with Gasteiger partial charge < -0.3 is 19.8 Å². The monoisotopic (exact) mass is 715 g/mol. The molecule has 0 aromatic heterocycles. The van der Waals surface area contributed by atoms with E-state index in [1.807, 2.05) is 18.2 Å². The van der Waals surface area contributed by atoms with Crippen LogP contribution in [0.5, 0.6) is 5.75 Å². The average molecular weight is 716 g/mol. The minimum atomic E-state index is -0.580. The molecule has 2 aliphatic carbocycles. The molecule has 3 atom stereocenters. The van der Waals surface area contributed by atoms with Gasteiger partial charge in [0.25, 0.3) is 5.91 Å². The third kappa shape index (κ3) is 6.93. The summed E-state index contributed by atoms with van der Waals surface area (Å²) < 4.78 is 0. The van der Waals surface area contributed by atoms with Crippen molar-refractivity contribution in [3.8, 4) is 5.75 Å². The Morgan fingerprint density at radius 2 is 1.45 bits per heavy atom. The van der Waals surface area contributed by atoms with Gasteiger partial charge in [-0.3, -0.25) is 24.6 Å². The summed E-state index contributed by atoms with van der Waals surface area (Å²) in [6, 6.07) is 21.1. The number of fused-ring (bicyclic) bond motifs is 2. The molecule has 1 saturated carbocycles. The van der Waals surface area contributed by atoms with Crippen molar-refractivity contribution in [2.45, 2.75) is 82.7 Å². The summed E-state index contributed by atoms with van der Waals surface area (Å²) in [7, 11) is 0. The van der Waals surface area contributed by atoms with Crippen molar-refractivity contribution in [2.75, 3.05) is 55.6 Å². The molecule has 3 aromatic rings. The zero-order valence-electron chi connectivity index (χ0n) is 30.8. The number of benzene rings is 3. The van der Waals surface area contributed by atoms with Crippen molar-refractivity contribution in [3.63, 3.8) is 0 Å². The predicted octanol–water partition coefficient (Wildman–Crippen LogP) is 6.08. The normalized spacial score (nSPS) is 25.6. The Bertz CT molecular complexity index is 1860. The summed E-state index contributed by atoms with van der Waals surface area (Å²) in [6.45, 7) is 7.76. The Morgan fingerprint density at radius 3 is 2.19 bits per heavy atom. The van der Waals surface area contributed by atoms with E-state index >= 15 is 0 Å². The number of hydrogen-bond acceptors (Lipinski definition) is 7. The number of nitrogens with one attached hydrogen (secondary N) is 1. The molecule has 0 spiro atoms. The molecule has 0 bridgehead atoms. The standard InChI is InChI=1S/C44H53N5O4/c50-37-11-13-38-32(26-37)4-5-33(24-29-2-1-3-29)42(38)31-6-8-35(9-7-31)47-18-16-30(17-19-47)27-46-20-22-48(23-21-46)36-10-12-39-34(25-36)28-49(44(39)53)40-14-15-41(51)45-43(40)52/h6-13,25-26,29-30,33,40,42,50H,1-5,14-24,27-28H2,(H,45,51,52)/t33-,40?,42+/m1/s1. The number of piperidine rings is 2. The Labute approximate surface area is 313 Å². The molecule has 4 aliphatic heterocycles. The first kappa shape index (κ1) is 34.4. The SMILES string of the molecule is O=C1CCC(N2Cc3cc(N4CCN(CC5CCN(c6ccc([C@@H]7c8ccc(O)cc8CC[C@@H]7CC7CCC7)cc6)CC5)CC4)ccc3C2=O)C(=O)N1. The van der Waals surface area contributed by atoms with Crippen molar-refractivity contribution in [1.82, 2.24) is 15.1 Å². The summed E-state index contributed by atoms with van der Waals surface area (Å²) in [5.41, 5.74) is 8.30. The highest BCUT2D eigenvalue weighted by molar-refractivity contribution is 6.05. The van der Waals surface area contributed by atoms with E-state index in [-0.39, 0.29) is 24.1 Å². The highest BCUT2D eigenvalue weighted by atomic mass is 16.3. The van der Waals surface area contributed by atoms with Crippen LogP contribution < -0.4 is 15.1 Å². The molecule has 4 fully saturated rings. The van der Waals surface area contributed by atoms with Gasteiger partial charge in [0.15, 0.2) is 0 Å². The Hall–Kier alpha value is -4.37. The smallest absolute Gasteiger partial charge is 0.255 e. The summed E-state index contributed by atoms with van der Waals surface area (Å²) in [5, 5.41) is 12.6. The second-order valence-electron chi connectivity index (χ2n) is 16.7. The lowest BCUT2D eigenvalue weighted by Crippen LogP contribution is -2.52. The van der Waals surface area contributed by atoms with Crippen LogP contribution in [0, 0.1) is 17.8 Å². The molecule has 278 valence electrons. The molecule has 0 radical (unpaired) electrons. The van der Waals surface area contributed by atoms with Crippen molar-refractivity contribution < 1.29 is 19.5 Å². The predicted molar refractivity (Wildman–Crippen MR) is 206 cm³/mol. The van der Waals surface area contributed by atoms with Crippen LogP contribution in [0.2, 0.25) is 0 Å². The van der Waals surface area contributed by atoms with Crippen LogP contribution in [0.15, 0.2) is 60.7 Å². The zero-order valence-corrected chi connectivity index (χ0v) is 30.8. The number of phenols is 1. The second-order valence-corrected chi connectivity index (χ2v) is 16.7. The van der Waals surface area contributed by atoms with Gasteiger partial charge in [-0.15, -0.1) is 0 Å². The first-order chi connectivity index (χ1) is 25.9. The highest BCUT2D eigenvalue weighted by Gasteiger charge is 2.39. The van der Waals surface area contributed by atoms with Gasteiger partial charge in [-0.2, -0.15) is 0 Å². The van der Waals surface area contributed by atoms with Gasteiger partial charge >= 0.3 is 0 Å². The van der Waals surface area contributed by atoms with E-state index in [9.17, 15) is 19.5 Å². The van der Waals surface area contributed by atoms with Crippen LogP contribution >= 0.6 is 0 Å². The quantitative estimate of drug-likeness (QED) is 0.273. The van der Waals surface area contributed by atoms with E-state index in [1.54, 1.807) is 4.90 Å². The number of hydrogen-bond donors (Lipinski definition) is 2. The molecule has 53 heavy (non-hydrogen) atoms. The molecule has 1 unspecified atom stereocenters. The van der Waals surface area contributed by atoms with E-state index in [4.69, 9.17) is 0 Å². The topological polar surface area (TPSA) is 96.4 Å². The fourth-order valence-corrected chi connectivity index (χ4v) is 10.3. The third-order valence-corrected chi connectivity index (χ3v) is 13.6. The minimum absolute atomic E-state index is 0.116. The molecule has 3 amide bonds. The first-order valence-electron chi connectivity index (χ1n) is 20.3. The number of phenolic OH excluding ortho intramolecular Hbond substituents is 1. The van der Waals surface area contributed by atoms with Gasteiger partial charge in [0.2, 0.25) is 11.8 Å². The number of amides is 3. The van der Waals surface area contributed by atoms with E-state index in [2.05, 4.69) is 62.5 Å². The van der Waals surface area contributed by atoms with Gasteiger partial charge in [-0.25, -0.2) is 0 Å².